The average molecular weight is 523 g/mol. The zero-order valence-electron chi connectivity index (χ0n) is 18.5. The Balaban J connectivity index is 1.27. The van der Waals surface area contributed by atoms with Gasteiger partial charge in [-0.25, -0.2) is 22.5 Å². The molecule has 36 heavy (non-hydrogen) atoms. The summed E-state index contributed by atoms with van der Waals surface area (Å²) in [5.41, 5.74) is 1.76. The molecule has 0 bridgehead atoms. The number of carbonyl (C=O) groups is 1. The summed E-state index contributed by atoms with van der Waals surface area (Å²) < 4.78 is 58.7. The van der Waals surface area contributed by atoms with Crippen molar-refractivity contribution in [1.82, 2.24) is 20.0 Å². The minimum Gasteiger partial charge on any atom is -0.359 e. The molecule has 4 heterocycles. The lowest BCUT2D eigenvalue weighted by Gasteiger charge is -2.36. The molecule has 0 aliphatic carbocycles. The zero-order chi connectivity index (χ0) is 25.4. The number of benzene rings is 1. The topological polar surface area (TPSA) is 90.3 Å². The van der Waals surface area contributed by atoms with Gasteiger partial charge in [0, 0.05) is 66.1 Å². The Morgan fingerprint density at radius 1 is 1.14 bits per heavy atom. The van der Waals surface area contributed by atoms with Gasteiger partial charge < -0.3 is 19.7 Å². The van der Waals surface area contributed by atoms with E-state index in [0.29, 0.717) is 10.7 Å². The number of anilines is 2. The molecule has 1 atom stereocenters. The average Bonchev–Trinajstić information content (AvgIpc) is 3.51. The Morgan fingerprint density at radius 3 is 2.64 bits per heavy atom. The van der Waals surface area contributed by atoms with E-state index in [1.54, 1.807) is 29.3 Å². The van der Waals surface area contributed by atoms with Gasteiger partial charge in [0.1, 0.15) is 5.69 Å². The van der Waals surface area contributed by atoms with E-state index >= 15 is 0 Å². The van der Waals surface area contributed by atoms with E-state index in [-0.39, 0.29) is 49.0 Å². The van der Waals surface area contributed by atoms with E-state index in [9.17, 15) is 22.4 Å². The summed E-state index contributed by atoms with van der Waals surface area (Å²) in [7, 11) is 0. The Kier molecular flexibility index (Phi) is 6.54. The lowest BCUT2D eigenvalue weighted by molar-refractivity contribution is -0.0506. The molecule has 188 valence electrons. The maximum Gasteiger partial charge on any atom is 0.294 e. The smallest absolute Gasteiger partial charge is 0.294 e. The van der Waals surface area contributed by atoms with Crippen LogP contribution in [-0.4, -0.2) is 64.8 Å². The second-order valence-corrected chi connectivity index (χ2v) is 8.62. The standard InChI is InChI=1S/C23H19ClF4N6O2/c24-13-1-2-16-14(8-13)18(11-29-16)31-23(35)19-9-17(32-36-19)12-7-15(25)22(30-10-12)34-5-3-33(4-6-34)21(28)20(26)27/h1-2,7-11,20-21,29H,3-6H2,(H,31,35). The Hall–Kier alpha value is -3.64. The monoisotopic (exact) mass is 522 g/mol. The van der Waals surface area contributed by atoms with Crippen LogP contribution in [0, 0.1) is 5.82 Å². The van der Waals surface area contributed by atoms with Gasteiger partial charge in [0.05, 0.1) is 5.69 Å². The Labute approximate surface area is 206 Å². The van der Waals surface area contributed by atoms with E-state index in [1.165, 1.54) is 18.3 Å². The first-order valence-corrected chi connectivity index (χ1v) is 11.3. The number of amides is 1. The van der Waals surface area contributed by atoms with E-state index < -0.39 is 24.4 Å². The second-order valence-electron chi connectivity index (χ2n) is 8.18. The molecule has 8 nitrogen and oxygen atoms in total. The fraction of sp³-hybridized carbons (Fsp3) is 0.261. The van der Waals surface area contributed by atoms with Crippen molar-refractivity contribution in [3.8, 4) is 11.3 Å². The number of aromatic nitrogens is 3. The summed E-state index contributed by atoms with van der Waals surface area (Å²) in [5, 5.41) is 7.79. The van der Waals surface area contributed by atoms with Crippen molar-refractivity contribution in [3.05, 3.63) is 59.3 Å². The van der Waals surface area contributed by atoms with E-state index in [4.69, 9.17) is 16.1 Å². The van der Waals surface area contributed by atoms with E-state index in [1.807, 2.05) is 0 Å². The largest absolute Gasteiger partial charge is 0.359 e. The number of alkyl halides is 3. The van der Waals surface area contributed by atoms with Crippen molar-refractivity contribution in [3.63, 3.8) is 0 Å². The lowest BCUT2D eigenvalue weighted by atomic mass is 10.2. The molecular formula is C23H19ClF4N6O2. The number of rotatable bonds is 6. The molecule has 0 saturated carbocycles. The molecule has 1 aromatic carbocycles. The van der Waals surface area contributed by atoms with Crippen molar-refractivity contribution < 1.29 is 26.9 Å². The van der Waals surface area contributed by atoms with Crippen LogP contribution in [0.1, 0.15) is 10.6 Å². The molecule has 1 fully saturated rings. The van der Waals surface area contributed by atoms with Gasteiger partial charge in [-0.05, 0) is 24.3 Å². The highest BCUT2D eigenvalue weighted by Crippen LogP contribution is 2.28. The highest BCUT2D eigenvalue weighted by Gasteiger charge is 2.31. The third-order valence-electron chi connectivity index (χ3n) is 5.91. The molecule has 5 rings (SSSR count). The molecule has 1 aliphatic rings. The highest BCUT2D eigenvalue weighted by molar-refractivity contribution is 6.31. The van der Waals surface area contributed by atoms with Crippen LogP contribution in [0.25, 0.3) is 22.2 Å². The van der Waals surface area contributed by atoms with Crippen LogP contribution in [0.15, 0.2) is 47.2 Å². The maximum atomic E-state index is 14.8. The molecule has 1 amide bonds. The number of hydrogen-bond donors (Lipinski definition) is 2. The summed E-state index contributed by atoms with van der Waals surface area (Å²) in [6.45, 7) is 0.311. The summed E-state index contributed by atoms with van der Waals surface area (Å²) >= 11 is 6.04. The van der Waals surface area contributed by atoms with Gasteiger partial charge in [-0.1, -0.05) is 16.8 Å². The van der Waals surface area contributed by atoms with Crippen LogP contribution in [0.2, 0.25) is 5.02 Å². The van der Waals surface area contributed by atoms with Crippen molar-refractivity contribution in [2.75, 3.05) is 36.4 Å². The van der Waals surface area contributed by atoms with E-state index in [0.717, 1.165) is 15.8 Å². The van der Waals surface area contributed by atoms with Gasteiger partial charge in [0.15, 0.2) is 11.6 Å². The first-order valence-electron chi connectivity index (χ1n) is 10.9. The summed E-state index contributed by atoms with van der Waals surface area (Å²) in [4.78, 5) is 22.4. The quantitative estimate of drug-likeness (QED) is 0.275. The number of aromatic amines is 1. The summed E-state index contributed by atoms with van der Waals surface area (Å²) in [6, 6.07) is 7.76. The van der Waals surface area contributed by atoms with Crippen LogP contribution >= 0.6 is 11.6 Å². The summed E-state index contributed by atoms with van der Waals surface area (Å²) in [6.07, 6.45) is -2.46. The van der Waals surface area contributed by atoms with Gasteiger partial charge in [-0.2, -0.15) is 0 Å². The molecule has 13 heteroatoms. The predicted molar refractivity (Wildman–Crippen MR) is 126 cm³/mol. The number of pyridine rings is 1. The van der Waals surface area contributed by atoms with Gasteiger partial charge in [-0.3, -0.25) is 9.69 Å². The number of piperazine rings is 1. The number of fused-ring (bicyclic) bond motifs is 1. The fourth-order valence-electron chi connectivity index (χ4n) is 4.04. The molecule has 4 aromatic rings. The Bertz CT molecular complexity index is 1400. The normalized spacial score (nSPS) is 15.6. The highest BCUT2D eigenvalue weighted by atomic mass is 35.5. The number of carbonyl (C=O) groups excluding carboxylic acids is 1. The van der Waals surface area contributed by atoms with Crippen molar-refractivity contribution >= 4 is 39.9 Å². The third kappa shape index (κ3) is 4.73. The first-order chi connectivity index (χ1) is 17.3. The molecular weight excluding hydrogens is 504 g/mol. The Morgan fingerprint density at radius 2 is 1.92 bits per heavy atom. The van der Waals surface area contributed by atoms with Crippen LogP contribution in [0.5, 0.6) is 0 Å². The van der Waals surface area contributed by atoms with Gasteiger partial charge in [0.25, 0.3) is 12.3 Å². The number of nitrogens with one attached hydrogen (secondary N) is 2. The van der Waals surface area contributed by atoms with Crippen LogP contribution < -0.4 is 10.2 Å². The minimum absolute atomic E-state index is 0.0127. The molecule has 1 saturated heterocycles. The predicted octanol–water partition coefficient (Wildman–Crippen LogP) is 4.95. The molecule has 3 aromatic heterocycles. The van der Waals surface area contributed by atoms with Crippen molar-refractivity contribution in [2.24, 2.45) is 0 Å². The number of hydrogen-bond acceptors (Lipinski definition) is 6. The minimum atomic E-state index is -3.10. The third-order valence-corrected chi connectivity index (χ3v) is 6.15. The second kappa shape index (κ2) is 9.78. The lowest BCUT2D eigenvalue weighted by Crippen LogP contribution is -2.51. The van der Waals surface area contributed by atoms with Crippen LogP contribution in [-0.2, 0) is 0 Å². The first kappa shape index (κ1) is 24.1. The number of nitrogens with zero attached hydrogens (tertiary/aromatic N) is 4. The van der Waals surface area contributed by atoms with E-state index in [2.05, 4.69) is 20.4 Å². The van der Waals surface area contributed by atoms with Crippen molar-refractivity contribution in [2.45, 2.75) is 12.7 Å². The van der Waals surface area contributed by atoms with Crippen molar-refractivity contribution in [1.29, 1.82) is 0 Å². The maximum absolute atomic E-state index is 14.8. The van der Waals surface area contributed by atoms with Gasteiger partial charge in [0.2, 0.25) is 12.1 Å². The number of halogens is 5. The number of H-pyrrole nitrogens is 1. The molecule has 0 radical (unpaired) electrons. The van der Waals surface area contributed by atoms with Gasteiger partial charge in [-0.15, -0.1) is 0 Å². The molecule has 1 aliphatic heterocycles. The van der Waals surface area contributed by atoms with Gasteiger partial charge >= 0.3 is 0 Å². The fourth-order valence-corrected chi connectivity index (χ4v) is 4.21. The van der Waals surface area contributed by atoms with Crippen LogP contribution in [0.3, 0.4) is 0 Å². The summed E-state index contributed by atoms with van der Waals surface area (Å²) in [5.74, 6) is -1.31. The van der Waals surface area contributed by atoms with Crippen LogP contribution in [0.4, 0.5) is 29.1 Å². The zero-order valence-corrected chi connectivity index (χ0v) is 19.3. The molecule has 0 spiro atoms. The molecule has 1 unspecified atom stereocenters. The molecule has 2 N–H and O–H groups in total. The SMILES string of the molecule is O=C(Nc1c[nH]c2ccc(Cl)cc12)c1cc(-c2cnc(N3CCN(C(F)C(F)F)CC3)c(F)c2)no1.